The van der Waals surface area contributed by atoms with E-state index in [1.807, 2.05) is 54.6 Å². The summed E-state index contributed by atoms with van der Waals surface area (Å²) in [7, 11) is 0. The summed E-state index contributed by atoms with van der Waals surface area (Å²) in [6.45, 7) is 29.5. The third-order valence-corrected chi connectivity index (χ3v) is 2.66. The quantitative estimate of drug-likeness (QED) is 0.246. The van der Waals surface area contributed by atoms with Gasteiger partial charge in [-0.1, -0.05) is 91.0 Å². The minimum Gasteiger partial charge on any atom is -0.545 e. The number of hydrogen-bond donors (Lipinski definition) is 0. The van der Waals surface area contributed by atoms with Gasteiger partial charge in [-0.3, -0.25) is 20.4 Å². The Morgan fingerprint density at radius 1 is 0.419 bits per heavy atom. The number of nitrogens with zero attached hydrogens (tertiary/aromatic N) is 3. The fourth-order valence-corrected chi connectivity index (χ4v) is 1.51. The average Bonchev–Trinajstić information content (AvgIpc) is 2.90. The summed E-state index contributed by atoms with van der Waals surface area (Å²) >= 11 is 0. The average molecular weight is 580 g/mol. The fourth-order valence-electron chi connectivity index (χ4n) is 1.51. The van der Waals surface area contributed by atoms with Crippen molar-refractivity contribution in [3.63, 3.8) is 0 Å². The molecule has 0 spiro atoms. The standard InChI is InChI=1S/3C7H5N.3CHO.W/c3*1-8-7-5-3-2-4-6-7;3*1-2;/h3*2-6H;3*1H;/q;;;3*-1;. The summed E-state index contributed by atoms with van der Waals surface area (Å²) in [6.07, 6.45) is 0. The van der Waals surface area contributed by atoms with Gasteiger partial charge in [-0.15, -0.1) is 0 Å². The molecule has 0 N–H and O–H groups in total. The molecule has 0 radical (unpaired) electrons. The largest absolute Gasteiger partial charge is 0.545 e. The van der Waals surface area contributed by atoms with Crippen LogP contribution in [0.3, 0.4) is 0 Å². The molecule has 0 unspecified atom stereocenters. The second-order valence-corrected chi connectivity index (χ2v) is 4.34. The van der Waals surface area contributed by atoms with Crippen LogP contribution in [-0.4, -0.2) is 20.4 Å². The van der Waals surface area contributed by atoms with Gasteiger partial charge < -0.3 is 14.4 Å². The van der Waals surface area contributed by atoms with Crippen LogP contribution in [0.15, 0.2) is 91.0 Å². The van der Waals surface area contributed by atoms with Crippen LogP contribution in [0.4, 0.5) is 17.1 Å². The second kappa shape index (κ2) is 30.6. The molecule has 31 heavy (non-hydrogen) atoms. The number of rotatable bonds is 0. The second-order valence-electron chi connectivity index (χ2n) is 4.34. The minimum absolute atomic E-state index is 0. The monoisotopic (exact) mass is 580 g/mol. The molecule has 0 aliphatic rings. The van der Waals surface area contributed by atoms with Gasteiger partial charge in [-0.05, 0) is 0 Å². The molecule has 0 bridgehead atoms. The van der Waals surface area contributed by atoms with Gasteiger partial charge in [0.2, 0.25) is 0 Å². The van der Waals surface area contributed by atoms with E-state index in [1.54, 1.807) is 36.4 Å². The summed E-state index contributed by atoms with van der Waals surface area (Å²) in [4.78, 5) is 32.9. The Hall–Kier alpha value is -4.17. The van der Waals surface area contributed by atoms with Crippen LogP contribution < -0.4 is 0 Å². The van der Waals surface area contributed by atoms with E-state index in [4.69, 9.17) is 34.1 Å². The summed E-state index contributed by atoms with van der Waals surface area (Å²) < 4.78 is 0. The molecular formula is C24H18N3O3W-3. The van der Waals surface area contributed by atoms with Crippen molar-refractivity contribution >= 4 is 37.4 Å². The van der Waals surface area contributed by atoms with E-state index in [1.165, 1.54) is 0 Å². The number of para-hydroxylation sites is 3. The van der Waals surface area contributed by atoms with Crippen molar-refractivity contribution in [2.45, 2.75) is 0 Å². The SMILES string of the molecule is [C-]#[N+]c1ccccc1.[C-]#[N+]c1ccccc1.[C-]#[N+]c1ccccc1.[CH-]=O.[CH-]=O.[CH-]=O.[W]. The molecule has 3 rings (SSSR count). The van der Waals surface area contributed by atoms with E-state index in [0.29, 0.717) is 17.1 Å². The van der Waals surface area contributed by atoms with Crippen molar-refractivity contribution < 1.29 is 35.4 Å². The maximum absolute atomic E-state index is 7.75. The molecule has 0 amide bonds. The number of carbonyl (C=O) groups excluding carboxylic acids is 3. The molecule has 0 aliphatic carbocycles. The van der Waals surface area contributed by atoms with Crippen LogP contribution in [0.1, 0.15) is 0 Å². The first-order chi connectivity index (χ1) is 14.8. The van der Waals surface area contributed by atoms with Crippen LogP contribution >= 0.6 is 0 Å². The minimum atomic E-state index is 0. The summed E-state index contributed by atoms with van der Waals surface area (Å²) in [5, 5.41) is 0. The predicted molar refractivity (Wildman–Crippen MR) is 118 cm³/mol. The van der Waals surface area contributed by atoms with Crippen molar-refractivity contribution in [3.8, 4) is 0 Å². The Kier molecular flexibility index (Phi) is 33.8. The van der Waals surface area contributed by atoms with Crippen molar-refractivity contribution in [1.29, 1.82) is 0 Å². The molecule has 6 nitrogen and oxygen atoms in total. The molecule has 156 valence electrons. The molecule has 0 aliphatic heterocycles. The number of hydrogen-bond acceptors (Lipinski definition) is 3. The van der Waals surface area contributed by atoms with E-state index in [9.17, 15) is 0 Å². The van der Waals surface area contributed by atoms with Gasteiger partial charge in [0.25, 0.3) is 0 Å². The Balaban J connectivity index is -0.000000155. The first-order valence-electron chi connectivity index (χ1n) is 7.78. The molecule has 0 aromatic heterocycles. The zero-order valence-electron chi connectivity index (χ0n) is 16.4. The summed E-state index contributed by atoms with van der Waals surface area (Å²) in [6, 6.07) is 27.5. The maximum Gasteiger partial charge on any atom is 0.187 e. The molecule has 3 aromatic rings. The Morgan fingerprint density at radius 3 is 0.677 bits per heavy atom. The van der Waals surface area contributed by atoms with Crippen LogP contribution in [-0.2, 0) is 35.4 Å². The van der Waals surface area contributed by atoms with Crippen molar-refractivity contribution in [2.75, 3.05) is 0 Å². The van der Waals surface area contributed by atoms with Crippen molar-refractivity contribution in [1.82, 2.24) is 0 Å². The molecule has 3 aromatic carbocycles. The van der Waals surface area contributed by atoms with Gasteiger partial charge in [-0.25, -0.2) is 14.5 Å². The molecule has 0 heterocycles. The molecule has 0 atom stereocenters. The first kappa shape index (κ1) is 34.3. The van der Waals surface area contributed by atoms with E-state index < -0.39 is 0 Å². The zero-order valence-corrected chi connectivity index (χ0v) is 19.3. The number of benzene rings is 3. The van der Waals surface area contributed by atoms with Crippen LogP contribution in [0.2, 0.25) is 0 Å². The van der Waals surface area contributed by atoms with E-state index in [0.717, 1.165) is 0 Å². The van der Waals surface area contributed by atoms with Gasteiger partial charge >= 0.3 is 0 Å². The smallest absolute Gasteiger partial charge is 0.187 e. The predicted octanol–water partition coefficient (Wildman–Crippen LogP) is 5.89. The fraction of sp³-hybridized carbons (Fsp3) is 0. The maximum atomic E-state index is 7.75. The Morgan fingerprint density at radius 2 is 0.581 bits per heavy atom. The summed E-state index contributed by atoms with van der Waals surface area (Å²) in [5.41, 5.74) is 2.10. The van der Waals surface area contributed by atoms with Crippen LogP contribution in [0.5, 0.6) is 0 Å². The molecule has 0 saturated carbocycles. The first-order valence-corrected chi connectivity index (χ1v) is 7.78. The third kappa shape index (κ3) is 22.0. The Bertz CT molecular complexity index is 766. The van der Waals surface area contributed by atoms with E-state index in [-0.39, 0.29) is 21.1 Å². The summed E-state index contributed by atoms with van der Waals surface area (Å²) in [5.74, 6) is 0. The molecule has 7 heteroatoms. The van der Waals surface area contributed by atoms with E-state index >= 15 is 0 Å². The normalized spacial score (nSPS) is 6.48. The van der Waals surface area contributed by atoms with Gasteiger partial charge in [0, 0.05) is 21.1 Å². The van der Waals surface area contributed by atoms with Gasteiger partial charge in [0.1, 0.15) is 0 Å². The Labute approximate surface area is 197 Å². The van der Waals surface area contributed by atoms with E-state index in [2.05, 4.69) is 34.9 Å². The third-order valence-electron chi connectivity index (χ3n) is 2.66. The molecular weight excluding hydrogens is 562 g/mol. The van der Waals surface area contributed by atoms with Gasteiger partial charge in [0.15, 0.2) is 17.1 Å². The van der Waals surface area contributed by atoms with Gasteiger partial charge in [-0.2, -0.15) is 0 Å². The molecule has 0 fully saturated rings. The topological polar surface area (TPSA) is 64.3 Å². The van der Waals surface area contributed by atoms with Crippen LogP contribution in [0, 0.1) is 19.7 Å². The van der Waals surface area contributed by atoms with Crippen molar-refractivity contribution in [3.05, 3.63) is 125 Å². The van der Waals surface area contributed by atoms with Crippen molar-refractivity contribution in [2.24, 2.45) is 0 Å². The van der Waals surface area contributed by atoms with Crippen LogP contribution in [0.25, 0.3) is 14.5 Å². The zero-order chi connectivity index (χ0) is 23.5. The molecule has 0 saturated heterocycles. The van der Waals surface area contributed by atoms with Gasteiger partial charge in [0.05, 0.1) is 19.7 Å².